The van der Waals surface area contributed by atoms with Crippen molar-refractivity contribution in [2.75, 3.05) is 45.8 Å². The van der Waals surface area contributed by atoms with Crippen LogP contribution in [0.4, 0.5) is 0 Å². The molecule has 5 heteroatoms. The van der Waals surface area contributed by atoms with E-state index in [1.807, 2.05) is 0 Å². The Morgan fingerprint density at radius 2 is 2.00 bits per heavy atom. The highest BCUT2D eigenvalue weighted by molar-refractivity contribution is 5.78. The summed E-state index contributed by atoms with van der Waals surface area (Å²) in [5.41, 5.74) is 0. The summed E-state index contributed by atoms with van der Waals surface area (Å²) in [5, 5.41) is 6.43. The third-order valence-electron chi connectivity index (χ3n) is 4.17. The summed E-state index contributed by atoms with van der Waals surface area (Å²) >= 11 is 0. The molecule has 96 valence electrons. The number of piperazine rings is 1. The molecule has 3 rings (SSSR count). The lowest BCUT2D eigenvalue weighted by Crippen LogP contribution is -2.64. The second kappa shape index (κ2) is 4.92. The van der Waals surface area contributed by atoms with Crippen LogP contribution in [-0.2, 0) is 4.79 Å². The molecule has 1 atom stereocenters. The zero-order valence-electron chi connectivity index (χ0n) is 10.3. The Labute approximate surface area is 103 Å². The number of nitrogens with one attached hydrogen (secondary N) is 2. The fourth-order valence-corrected chi connectivity index (χ4v) is 3.10. The van der Waals surface area contributed by atoms with Crippen molar-refractivity contribution >= 4 is 5.91 Å². The second-order valence-electron chi connectivity index (χ2n) is 5.46. The van der Waals surface area contributed by atoms with Crippen LogP contribution in [0.25, 0.3) is 0 Å². The van der Waals surface area contributed by atoms with E-state index >= 15 is 0 Å². The fourth-order valence-electron chi connectivity index (χ4n) is 3.10. The lowest BCUT2D eigenvalue weighted by atomic mass is 10.0. The lowest BCUT2D eigenvalue weighted by Gasteiger charge is -2.47. The minimum Gasteiger partial charge on any atom is -0.352 e. The molecule has 3 saturated heterocycles. The van der Waals surface area contributed by atoms with Crippen molar-refractivity contribution < 1.29 is 4.79 Å². The third-order valence-corrected chi connectivity index (χ3v) is 4.17. The predicted molar refractivity (Wildman–Crippen MR) is 65.8 cm³/mol. The number of carbonyl (C=O) groups is 1. The summed E-state index contributed by atoms with van der Waals surface area (Å²) in [6, 6.07) is 1.17. The van der Waals surface area contributed by atoms with E-state index in [2.05, 4.69) is 20.4 Å². The Morgan fingerprint density at radius 1 is 1.24 bits per heavy atom. The van der Waals surface area contributed by atoms with Crippen molar-refractivity contribution in [3.8, 4) is 0 Å². The molecule has 1 unspecified atom stereocenters. The van der Waals surface area contributed by atoms with E-state index in [9.17, 15) is 4.79 Å². The summed E-state index contributed by atoms with van der Waals surface area (Å²) < 4.78 is 0. The van der Waals surface area contributed by atoms with Gasteiger partial charge in [0.15, 0.2) is 0 Å². The van der Waals surface area contributed by atoms with Crippen molar-refractivity contribution in [1.82, 2.24) is 20.4 Å². The summed E-state index contributed by atoms with van der Waals surface area (Å²) in [6.45, 7) is 8.08. The normalized spacial score (nSPS) is 32.5. The molecule has 0 saturated carbocycles. The standard InChI is InChI=1S/C12H22N4O/c17-12-2-1-10(14-12)7-15-8-11(9-15)16-5-3-13-4-6-16/h10-11,13H,1-9H2,(H,14,17). The molecule has 2 N–H and O–H groups in total. The van der Waals surface area contributed by atoms with Gasteiger partial charge in [-0.3, -0.25) is 14.6 Å². The van der Waals surface area contributed by atoms with Crippen LogP contribution in [0, 0.1) is 0 Å². The highest BCUT2D eigenvalue weighted by Gasteiger charge is 2.34. The summed E-state index contributed by atoms with van der Waals surface area (Å²) in [6.07, 6.45) is 1.74. The fraction of sp³-hybridized carbons (Fsp3) is 0.917. The van der Waals surface area contributed by atoms with Crippen LogP contribution in [0.15, 0.2) is 0 Å². The van der Waals surface area contributed by atoms with Gasteiger partial charge in [0.2, 0.25) is 5.91 Å². The number of nitrogens with zero attached hydrogens (tertiary/aromatic N) is 2. The highest BCUT2D eigenvalue weighted by Crippen LogP contribution is 2.18. The van der Waals surface area contributed by atoms with Gasteiger partial charge in [-0.05, 0) is 6.42 Å². The van der Waals surface area contributed by atoms with E-state index in [4.69, 9.17) is 0 Å². The highest BCUT2D eigenvalue weighted by atomic mass is 16.1. The first-order chi connectivity index (χ1) is 8.31. The molecular formula is C12H22N4O. The van der Waals surface area contributed by atoms with Crippen LogP contribution in [0.3, 0.4) is 0 Å². The topological polar surface area (TPSA) is 47.6 Å². The van der Waals surface area contributed by atoms with Crippen molar-refractivity contribution in [3.63, 3.8) is 0 Å². The number of rotatable bonds is 3. The molecule has 1 amide bonds. The van der Waals surface area contributed by atoms with E-state index in [0.29, 0.717) is 6.04 Å². The summed E-state index contributed by atoms with van der Waals surface area (Å²) in [5.74, 6) is 0.231. The molecule has 0 aliphatic carbocycles. The van der Waals surface area contributed by atoms with E-state index in [1.165, 1.54) is 26.2 Å². The summed E-state index contributed by atoms with van der Waals surface area (Å²) in [7, 11) is 0. The molecule has 3 aliphatic rings. The van der Waals surface area contributed by atoms with Gasteiger partial charge in [0.1, 0.15) is 0 Å². The zero-order chi connectivity index (χ0) is 11.7. The molecule has 5 nitrogen and oxygen atoms in total. The molecule has 0 aromatic carbocycles. The van der Waals surface area contributed by atoms with E-state index < -0.39 is 0 Å². The maximum Gasteiger partial charge on any atom is 0.220 e. The van der Waals surface area contributed by atoms with Crippen molar-refractivity contribution in [2.45, 2.75) is 24.9 Å². The minimum absolute atomic E-state index is 0.231. The van der Waals surface area contributed by atoms with Crippen LogP contribution < -0.4 is 10.6 Å². The minimum atomic E-state index is 0.231. The van der Waals surface area contributed by atoms with Gasteiger partial charge in [-0.1, -0.05) is 0 Å². The van der Waals surface area contributed by atoms with Crippen LogP contribution in [0.2, 0.25) is 0 Å². The van der Waals surface area contributed by atoms with E-state index in [-0.39, 0.29) is 5.91 Å². The maximum atomic E-state index is 11.1. The average Bonchev–Trinajstić information content (AvgIpc) is 2.70. The molecule has 3 fully saturated rings. The number of hydrogen-bond acceptors (Lipinski definition) is 4. The summed E-state index contributed by atoms with van der Waals surface area (Å²) in [4.78, 5) is 16.2. The Bertz CT molecular complexity index is 284. The molecule has 0 radical (unpaired) electrons. The van der Waals surface area contributed by atoms with Crippen LogP contribution in [0.5, 0.6) is 0 Å². The molecule has 17 heavy (non-hydrogen) atoms. The Kier molecular flexibility index (Phi) is 3.31. The second-order valence-corrected chi connectivity index (χ2v) is 5.46. The van der Waals surface area contributed by atoms with Crippen molar-refractivity contribution in [3.05, 3.63) is 0 Å². The SMILES string of the molecule is O=C1CCC(CN2CC(N3CCNCC3)C2)N1. The molecule has 3 heterocycles. The van der Waals surface area contributed by atoms with Crippen molar-refractivity contribution in [1.29, 1.82) is 0 Å². The molecule has 0 bridgehead atoms. The van der Waals surface area contributed by atoms with Crippen LogP contribution in [0.1, 0.15) is 12.8 Å². The van der Waals surface area contributed by atoms with Crippen LogP contribution in [-0.4, -0.2) is 73.6 Å². The van der Waals surface area contributed by atoms with Gasteiger partial charge in [-0.25, -0.2) is 0 Å². The van der Waals surface area contributed by atoms with E-state index in [1.54, 1.807) is 0 Å². The first-order valence-corrected chi connectivity index (χ1v) is 6.78. The first-order valence-electron chi connectivity index (χ1n) is 6.78. The number of hydrogen-bond donors (Lipinski definition) is 2. The van der Waals surface area contributed by atoms with Crippen molar-refractivity contribution in [2.24, 2.45) is 0 Å². The average molecular weight is 238 g/mol. The van der Waals surface area contributed by atoms with Gasteiger partial charge in [0.05, 0.1) is 0 Å². The van der Waals surface area contributed by atoms with Gasteiger partial charge >= 0.3 is 0 Å². The largest absolute Gasteiger partial charge is 0.352 e. The Hall–Kier alpha value is -0.650. The first kappa shape index (κ1) is 11.4. The molecule has 0 spiro atoms. The van der Waals surface area contributed by atoms with Crippen LogP contribution >= 0.6 is 0 Å². The third kappa shape index (κ3) is 2.61. The van der Waals surface area contributed by atoms with Gasteiger partial charge in [-0.15, -0.1) is 0 Å². The smallest absolute Gasteiger partial charge is 0.220 e. The Morgan fingerprint density at radius 3 is 2.65 bits per heavy atom. The number of likely N-dealkylation sites (tertiary alicyclic amines) is 1. The molecule has 3 aliphatic heterocycles. The van der Waals surface area contributed by atoms with Gasteiger partial charge < -0.3 is 10.6 Å². The monoisotopic (exact) mass is 238 g/mol. The maximum absolute atomic E-state index is 11.1. The van der Waals surface area contributed by atoms with Gasteiger partial charge in [-0.2, -0.15) is 0 Å². The molecule has 0 aromatic heterocycles. The van der Waals surface area contributed by atoms with E-state index in [0.717, 1.165) is 38.5 Å². The van der Waals surface area contributed by atoms with Gasteiger partial charge in [0, 0.05) is 64.3 Å². The zero-order valence-corrected chi connectivity index (χ0v) is 10.3. The quantitative estimate of drug-likeness (QED) is 0.652. The Balaban J connectivity index is 1.38. The molecule has 0 aromatic rings. The number of amides is 1. The number of carbonyl (C=O) groups excluding carboxylic acids is 1. The lowest BCUT2D eigenvalue weighted by molar-refractivity contribution is -0.119. The molecular weight excluding hydrogens is 216 g/mol. The predicted octanol–water partition coefficient (Wildman–Crippen LogP) is -1.15. The van der Waals surface area contributed by atoms with Gasteiger partial charge in [0.25, 0.3) is 0 Å².